The van der Waals surface area contributed by atoms with Crippen molar-refractivity contribution in [3.8, 4) is 11.3 Å². The molecule has 0 unspecified atom stereocenters. The van der Waals surface area contributed by atoms with E-state index in [0.29, 0.717) is 24.2 Å². The summed E-state index contributed by atoms with van der Waals surface area (Å²) in [6.07, 6.45) is 3.48. The highest BCUT2D eigenvalue weighted by atomic mass is 32.2. The summed E-state index contributed by atoms with van der Waals surface area (Å²) in [5.41, 5.74) is 4.05. The van der Waals surface area contributed by atoms with Crippen LogP contribution in [-0.2, 0) is 30.0 Å². The van der Waals surface area contributed by atoms with Crippen molar-refractivity contribution < 1.29 is 12.8 Å². The highest BCUT2D eigenvalue weighted by Crippen LogP contribution is 2.21. The van der Waals surface area contributed by atoms with Crippen LogP contribution < -0.4 is 5.56 Å². The second kappa shape index (κ2) is 10.3. The molecule has 0 amide bonds. The average molecular weight is 573 g/mol. The molecule has 0 aliphatic rings. The Morgan fingerprint density at radius 3 is 2.63 bits per heavy atom. The Morgan fingerprint density at radius 2 is 1.78 bits per heavy atom. The van der Waals surface area contributed by atoms with Crippen molar-refractivity contribution in [2.45, 2.75) is 31.6 Å². The van der Waals surface area contributed by atoms with E-state index in [1.807, 2.05) is 34.9 Å². The highest BCUT2D eigenvalue weighted by molar-refractivity contribution is 7.91. The van der Waals surface area contributed by atoms with Crippen LogP contribution in [0.25, 0.3) is 33.3 Å². The topological polar surface area (TPSA) is 130 Å². The minimum Gasteiger partial charge on any atom is -0.331 e. The average Bonchev–Trinajstić information content (AvgIpc) is 3.54. The molecule has 0 aliphatic heterocycles. The number of aromatic nitrogens is 8. The van der Waals surface area contributed by atoms with Gasteiger partial charge in [0, 0.05) is 31.0 Å². The van der Waals surface area contributed by atoms with Gasteiger partial charge < -0.3 is 9.13 Å². The van der Waals surface area contributed by atoms with E-state index in [9.17, 15) is 17.6 Å². The zero-order chi connectivity index (χ0) is 28.7. The summed E-state index contributed by atoms with van der Waals surface area (Å²) in [6, 6.07) is 15.7. The van der Waals surface area contributed by atoms with Gasteiger partial charge in [-0.15, -0.1) is 5.10 Å². The summed E-state index contributed by atoms with van der Waals surface area (Å²) in [6.45, 7) is 2.18. The lowest BCUT2D eigenvalue weighted by Gasteiger charge is -2.11. The SMILES string of the molecule is Cc1cc(-c2cc(F)c(=O)n(Cc3ccc4nnn(C)c4c3)c2)nc(S(=O)(=O)CCCn2cnc3ccccc32)n1. The molecule has 0 fully saturated rings. The van der Waals surface area contributed by atoms with Gasteiger partial charge in [0.2, 0.25) is 15.0 Å². The molecule has 11 nitrogen and oxygen atoms in total. The van der Waals surface area contributed by atoms with Gasteiger partial charge in [-0.05, 0) is 55.3 Å². The van der Waals surface area contributed by atoms with E-state index in [4.69, 9.17) is 0 Å². The zero-order valence-electron chi connectivity index (χ0n) is 22.3. The Balaban J connectivity index is 1.26. The number of imidazole rings is 1. The van der Waals surface area contributed by atoms with Crippen LogP contribution in [0.1, 0.15) is 17.7 Å². The number of halogens is 1. The van der Waals surface area contributed by atoms with Gasteiger partial charge in [-0.2, -0.15) is 0 Å². The number of hydrogen-bond donors (Lipinski definition) is 0. The van der Waals surface area contributed by atoms with Crippen molar-refractivity contribution in [1.82, 2.24) is 39.1 Å². The van der Waals surface area contributed by atoms with Crippen LogP contribution in [0.5, 0.6) is 0 Å². The van der Waals surface area contributed by atoms with E-state index in [0.717, 1.165) is 28.2 Å². The molecule has 13 heteroatoms. The van der Waals surface area contributed by atoms with Gasteiger partial charge in [0.1, 0.15) is 5.52 Å². The van der Waals surface area contributed by atoms with Crippen LogP contribution in [0.2, 0.25) is 0 Å². The van der Waals surface area contributed by atoms with Gasteiger partial charge in [0.15, 0.2) is 5.82 Å². The third-order valence-corrected chi connectivity index (χ3v) is 8.38. The van der Waals surface area contributed by atoms with E-state index < -0.39 is 21.2 Å². The molecule has 4 heterocycles. The second-order valence-electron chi connectivity index (χ2n) is 9.82. The first kappa shape index (κ1) is 26.4. The van der Waals surface area contributed by atoms with Crippen molar-refractivity contribution >= 4 is 31.9 Å². The van der Waals surface area contributed by atoms with Crippen LogP contribution in [0.15, 0.2) is 77.1 Å². The van der Waals surface area contributed by atoms with E-state index in [1.165, 1.54) is 10.8 Å². The number of fused-ring (bicyclic) bond motifs is 2. The maximum atomic E-state index is 14.8. The van der Waals surface area contributed by atoms with Crippen molar-refractivity contribution in [1.29, 1.82) is 0 Å². The van der Waals surface area contributed by atoms with Crippen molar-refractivity contribution in [3.63, 3.8) is 0 Å². The summed E-state index contributed by atoms with van der Waals surface area (Å²) < 4.78 is 46.0. The number of benzene rings is 2. The monoisotopic (exact) mass is 572 g/mol. The Bertz CT molecular complexity index is 2100. The standard InChI is InChI=1S/C28H25FN8O3S/c1-18-12-24(32-28(31-18)41(39,40)11-5-10-36-17-30-22-6-3-4-7-25(22)36)20-14-21(29)27(38)37(16-20)15-19-8-9-23-26(13-19)35(2)34-33-23/h3-4,6-9,12-14,16-17H,5,10-11,15H2,1-2H3. The molecule has 2 aromatic carbocycles. The normalized spacial score (nSPS) is 12.0. The smallest absolute Gasteiger partial charge is 0.286 e. The van der Waals surface area contributed by atoms with Crippen molar-refractivity contribution in [2.75, 3.05) is 5.75 Å². The van der Waals surface area contributed by atoms with Gasteiger partial charge in [-0.25, -0.2) is 32.4 Å². The molecule has 0 spiro atoms. The molecule has 0 atom stereocenters. The summed E-state index contributed by atoms with van der Waals surface area (Å²) in [5.74, 6) is -1.15. The fourth-order valence-electron chi connectivity index (χ4n) is 4.76. The molecule has 0 bridgehead atoms. The van der Waals surface area contributed by atoms with Crippen molar-refractivity contribution in [3.05, 3.63) is 94.5 Å². The lowest BCUT2D eigenvalue weighted by Crippen LogP contribution is -2.23. The Kier molecular flexibility index (Phi) is 6.66. The number of rotatable bonds is 8. The van der Waals surface area contributed by atoms with Crippen LogP contribution >= 0.6 is 0 Å². The molecule has 208 valence electrons. The number of para-hydroxylation sites is 2. The summed E-state index contributed by atoms with van der Waals surface area (Å²) >= 11 is 0. The van der Waals surface area contributed by atoms with Crippen LogP contribution in [0.4, 0.5) is 4.39 Å². The van der Waals surface area contributed by atoms with Crippen LogP contribution in [-0.4, -0.2) is 53.3 Å². The Labute approximate surface area is 233 Å². The van der Waals surface area contributed by atoms with Gasteiger partial charge in [0.25, 0.3) is 5.56 Å². The fraction of sp³-hybridized carbons (Fsp3) is 0.214. The maximum Gasteiger partial charge on any atom is 0.286 e. The number of sulfone groups is 1. The van der Waals surface area contributed by atoms with Gasteiger partial charge in [-0.1, -0.05) is 23.4 Å². The number of hydrogen-bond acceptors (Lipinski definition) is 8. The summed E-state index contributed by atoms with van der Waals surface area (Å²) in [7, 11) is -2.09. The Morgan fingerprint density at radius 1 is 0.951 bits per heavy atom. The highest BCUT2D eigenvalue weighted by Gasteiger charge is 2.21. The number of nitrogens with zero attached hydrogens (tertiary/aromatic N) is 8. The van der Waals surface area contributed by atoms with Crippen LogP contribution in [0.3, 0.4) is 0 Å². The predicted molar refractivity (Wildman–Crippen MR) is 150 cm³/mol. The first-order valence-corrected chi connectivity index (χ1v) is 14.5. The second-order valence-corrected chi connectivity index (χ2v) is 11.8. The molecule has 41 heavy (non-hydrogen) atoms. The first-order valence-electron chi connectivity index (χ1n) is 12.8. The van der Waals surface area contributed by atoms with E-state index in [2.05, 4.69) is 25.3 Å². The van der Waals surface area contributed by atoms with Crippen molar-refractivity contribution in [2.24, 2.45) is 7.05 Å². The summed E-state index contributed by atoms with van der Waals surface area (Å²) in [5, 5.41) is 7.69. The van der Waals surface area contributed by atoms with Crippen LogP contribution in [0, 0.1) is 12.7 Å². The number of aryl methyl sites for hydroxylation is 3. The van der Waals surface area contributed by atoms with Gasteiger partial charge >= 0.3 is 0 Å². The molecule has 0 radical (unpaired) electrons. The molecule has 0 N–H and O–H groups in total. The molecule has 6 aromatic rings. The molecular formula is C28H25FN8O3S. The quantitative estimate of drug-likeness (QED) is 0.254. The number of pyridine rings is 1. The minimum atomic E-state index is -3.85. The molecule has 4 aromatic heterocycles. The lowest BCUT2D eigenvalue weighted by atomic mass is 10.1. The van der Waals surface area contributed by atoms with E-state index in [-0.39, 0.29) is 28.7 Å². The van der Waals surface area contributed by atoms with E-state index in [1.54, 1.807) is 43.2 Å². The molecular weight excluding hydrogens is 547 g/mol. The first-order chi connectivity index (χ1) is 19.7. The molecule has 0 saturated heterocycles. The predicted octanol–water partition coefficient (Wildman–Crippen LogP) is 3.30. The Hall–Kier alpha value is -4.78. The lowest BCUT2D eigenvalue weighted by molar-refractivity contribution is 0.578. The third kappa shape index (κ3) is 5.23. The molecule has 0 aliphatic carbocycles. The summed E-state index contributed by atoms with van der Waals surface area (Å²) in [4.78, 5) is 25.4. The van der Waals surface area contributed by atoms with E-state index >= 15 is 0 Å². The maximum absolute atomic E-state index is 14.8. The van der Waals surface area contributed by atoms with Gasteiger partial charge in [0.05, 0.1) is 40.9 Å². The fourth-order valence-corrected chi connectivity index (χ4v) is 5.97. The molecule has 6 rings (SSSR count). The minimum absolute atomic E-state index is 0.0862. The zero-order valence-corrected chi connectivity index (χ0v) is 23.1. The largest absolute Gasteiger partial charge is 0.331 e. The third-order valence-electron chi connectivity index (χ3n) is 6.82. The molecule has 0 saturated carbocycles. The van der Waals surface area contributed by atoms with Gasteiger partial charge in [-0.3, -0.25) is 4.79 Å².